The van der Waals surface area contributed by atoms with Gasteiger partial charge in [-0.1, -0.05) is 25.1 Å². The lowest BCUT2D eigenvalue weighted by Crippen LogP contribution is -2.83. The van der Waals surface area contributed by atoms with E-state index in [0.29, 0.717) is 17.0 Å². The van der Waals surface area contributed by atoms with Crippen molar-refractivity contribution in [2.24, 2.45) is 17.8 Å². The Kier molecular flexibility index (Phi) is 3.81. The molecule has 1 aromatic carbocycles. The van der Waals surface area contributed by atoms with Crippen LogP contribution < -0.4 is 4.90 Å². The molecule has 1 aromatic rings. The molecule has 5 bridgehead atoms. The van der Waals surface area contributed by atoms with Crippen LogP contribution in [0.2, 0.25) is 0 Å². The number of piperidine rings is 4. The van der Waals surface area contributed by atoms with Gasteiger partial charge in [-0.05, 0) is 30.9 Å². The quantitative estimate of drug-likeness (QED) is 0.580. The second-order valence-electron chi connectivity index (χ2n) is 10.3. The number of hydrogen-bond donors (Lipinski definition) is 2. The van der Waals surface area contributed by atoms with Gasteiger partial charge in [0.05, 0.1) is 30.2 Å². The molecule has 2 N–H and O–H groups in total. The number of likely N-dealkylation sites (N-methyl/N-ethyl adjacent to an activating group) is 1. The second-order valence-corrected chi connectivity index (χ2v) is 10.3. The minimum atomic E-state index is -0.565. The number of benzene rings is 1. The number of ether oxygens (including phenoxy) is 1. The van der Waals surface area contributed by atoms with E-state index in [4.69, 9.17) is 4.74 Å². The van der Waals surface area contributed by atoms with Crippen LogP contribution >= 0.6 is 0 Å². The molecule has 1 saturated carbocycles. The van der Waals surface area contributed by atoms with Gasteiger partial charge in [-0.2, -0.15) is 0 Å². The SMILES string of the molecule is CCOC(=O)C[N+]12[C@H](O)[C@@H](CC)[C@H]3C[C@@H]1[C@H]1N(C)c4ccccc4[C@]14C[C@H]2[C@@H]3[C@@H]4O. The molecule has 0 radical (unpaired) electrons. The third-order valence-electron chi connectivity index (χ3n) is 9.83. The Hall–Kier alpha value is -1.63. The van der Waals surface area contributed by atoms with E-state index in [-0.39, 0.29) is 47.9 Å². The molecule has 1 unspecified atom stereocenters. The van der Waals surface area contributed by atoms with Crippen LogP contribution in [0.4, 0.5) is 5.69 Å². The van der Waals surface area contributed by atoms with Crippen molar-refractivity contribution in [3.8, 4) is 0 Å². The fourth-order valence-electron chi connectivity index (χ4n) is 9.13. The summed E-state index contributed by atoms with van der Waals surface area (Å²) in [6, 6.07) is 8.84. The average Bonchev–Trinajstić information content (AvgIpc) is 3.11. The molecule has 5 aliphatic heterocycles. The fraction of sp³-hybridized carbons (Fsp3) is 0.708. The molecule has 1 aliphatic carbocycles. The number of esters is 1. The monoisotopic (exact) mass is 413 g/mol. The molecule has 30 heavy (non-hydrogen) atoms. The van der Waals surface area contributed by atoms with Crippen LogP contribution in [0, 0.1) is 17.8 Å². The maximum atomic E-state index is 12.8. The van der Waals surface area contributed by atoms with E-state index in [0.717, 1.165) is 19.3 Å². The van der Waals surface area contributed by atoms with Crippen LogP contribution in [0.25, 0.3) is 0 Å². The number of aliphatic hydroxyl groups is 2. The highest BCUT2D eigenvalue weighted by atomic mass is 16.5. The summed E-state index contributed by atoms with van der Waals surface area (Å²) in [5.41, 5.74) is 2.17. The summed E-state index contributed by atoms with van der Waals surface area (Å²) in [4.78, 5) is 15.2. The topological polar surface area (TPSA) is 70.0 Å². The highest BCUT2D eigenvalue weighted by Gasteiger charge is 2.83. The van der Waals surface area contributed by atoms with E-state index in [2.05, 4.69) is 43.1 Å². The smallest absolute Gasteiger partial charge is 0.361 e. The van der Waals surface area contributed by atoms with E-state index in [1.807, 2.05) is 6.92 Å². The van der Waals surface area contributed by atoms with Crippen molar-refractivity contribution in [1.82, 2.24) is 0 Å². The number of carbonyl (C=O) groups is 1. The minimum Gasteiger partial charge on any atom is -0.462 e. The number of quaternary nitrogens is 1. The average molecular weight is 414 g/mol. The van der Waals surface area contributed by atoms with Crippen molar-refractivity contribution < 1.29 is 24.2 Å². The summed E-state index contributed by atoms with van der Waals surface area (Å²) in [5, 5.41) is 23.7. The molecule has 1 spiro atoms. The first-order chi connectivity index (χ1) is 14.4. The number of hydrogen-bond acceptors (Lipinski definition) is 5. The van der Waals surface area contributed by atoms with Crippen molar-refractivity contribution >= 4 is 11.7 Å². The maximum absolute atomic E-state index is 12.8. The van der Waals surface area contributed by atoms with Gasteiger partial charge in [0.2, 0.25) is 0 Å². The summed E-state index contributed by atoms with van der Waals surface area (Å²) in [7, 11) is 2.14. The summed E-state index contributed by atoms with van der Waals surface area (Å²) in [6.45, 7) is 4.55. The highest BCUT2D eigenvalue weighted by molar-refractivity contribution is 5.71. The Balaban J connectivity index is 1.57. The molecule has 0 aromatic heterocycles. The van der Waals surface area contributed by atoms with Gasteiger partial charge in [0.1, 0.15) is 6.04 Å². The lowest BCUT2D eigenvalue weighted by molar-refractivity contribution is -1.03. The van der Waals surface area contributed by atoms with Crippen LogP contribution in [0.5, 0.6) is 0 Å². The Bertz CT molecular complexity index is 907. The van der Waals surface area contributed by atoms with E-state index in [9.17, 15) is 15.0 Å². The van der Waals surface area contributed by atoms with Gasteiger partial charge in [-0.25, -0.2) is 4.79 Å². The van der Waals surface area contributed by atoms with Crippen LogP contribution in [-0.4, -0.2) is 71.3 Å². The molecular formula is C24H33N2O4+. The summed E-state index contributed by atoms with van der Waals surface area (Å²) < 4.78 is 5.81. The molecule has 0 amide bonds. The van der Waals surface area contributed by atoms with Gasteiger partial charge in [-0.3, -0.25) is 4.48 Å². The summed E-state index contributed by atoms with van der Waals surface area (Å²) in [6.07, 6.45) is 1.69. The number of carbonyl (C=O) groups excluding carboxylic acids is 1. The van der Waals surface area contributed by atoms with Crippen LogP contribution in [0.1, 0.15) is 38.7 Å². The molecule has 6 nitrogen and oxygen atoms in total. The number of anilines is 1. The predicted octanol–water partition coefficient (Wildman–Crippen LogP) is 1.63. The summed E-state index contributed by atoms with van der Waals surface area (Å²) in [5.74, 6) is 0.361. The van der Waals surface area contributed by atoms with E-state index in [1.165, 1.54) is 11.3 Å². The number of fused-ring (bicyclic) bond motifs is 2. The third kappa shape index (κ3) is 1.83. The molecular weight excluding hydrogens is 380 g/mol. The standard InChI is InChI=1S/C24H33N2O4/c1-4-13-14-10-17-21-24(15-8-6-7-9-16(15)25(21)3)11-18(20(14)22(24)28)26(17,23(13)29)12-19(27)30-5-2/h6-9,13-14,17-18,20-23,28-29H,4-5,10-12H2,1-3H3/q+1/t13-,14+,17+,18-,20+,21+,22-,23+,24+,26?/m0/s1. The fourth-order valence-corrected chi connectivity index (χ4v) is 9.13. The van der Waals surface area contributed by atoms with Crippen molar-refractivity contribution in [3.05, 3.63) is 29.8 Å². The maximum Gasteiger partial charge on any atom is 0.361 e. The molecule has 6 aliphatic rings. The third-order valence-corrected chi connectivity index (χ3v) is 9.83. The Labute approximate surface area is 178 Å². The molecule has 4 saturated heterocycles. The highest BCUT2D eigenvalue weighted by Crippen LogP contribution is 2.71. The van der Waals surface area contributed by atoms with Crippen LogP contribution in [-0.2, 0) is 14.9 Å². The van der Waals surface area contributed by atoms with Gasteiger partial charge >= 0.3 is 5.97 Å². The first-order valence-corrected chi connectivity index (χ1v) is 11.6. The minimum absolute atomic E-state index is 0.0954. The van der Waals surface area contributed by atoms with Crippen LogP contribution in [0.3, 0.4) is 0 Å². The predicted molar refractivity (Wildman–Crippen MR) is 112 cm³/mol. The number of rotatable bonds is 4. The zero-order valence-corrected chi connectivity index (χ0v) is 18.1. The zero-order chi connectivity index (χ0) is 21.0. The number of para-hydroxylation sites is 1. The Morgan fingerprint density at radius 1 is 1.27 bits per heavy atom. The molecule has 5 fully saturated rings. The molecule has 6 heteroatoms. The van der Waals surface area contributed by atoms with Crippen LogP contribution in [0.15, 0.2) is 24.3 Å². The van der Waals surface area contributed by atoms with E-state index in [1.54, 1.807) is 0 Å². The Morgan fingerprint density at radius 3 is 2.77 bits per heavy atom. The molecule has 7 rings (SSSR count). The van der Waals surface area contributed by atoms with Gasteiger partial charge in [-0.15, -0.1) is 0 Å². The van der Waals surface area contributed by atoms with E-state index < -0.39 is 12.3 Å². The van der Waals surface area contributed by atoms with Crippen molar-refractivity contribution in [2.45, 2.75) is 69.0 Å². The number of nitrogens with zero attached hydrogens (tertiary/aromatic N) is 2. The molecule has 10 atom stereocenters. The first-order valence-electron chi connectivity index (χ1n) is 11.6. The lowest BCUT2D eigenvalue weighted by Gasteiger charge is -2.67. The normalized spacial score (nSPS) is 49.3. The molecule has 162 valence electrons. The van der Waals surface area contributed by atoms with Crippen molar-refractivity contribution in [3.63, 3.8) is 0 Å². The summed E-state index contributed by atoms with van der Waals surface area (Å²) >= 11 is 0. The lowest BCUT2D eigenvalue weighted by atomic mass is 9.60. The van der Waals surface area contributed by atoms with E-state index >= 15 is 0 Å². The van der Waals surface area contributed by atoms with Gasteiger partial charge in [0.25, 0.3) is 0 Å². The largest absolute Gasteiger partial charge is 0.462 e. The first kappa shape index (κ1) is 19.1. The van der Waals surface area contributed by atoms with Crippen molar-refractivity contribution in [2.75, 3.05) is 25.1 Å². The van der Waals surface area contributed by atoms with Crippen molar-refractivity contribution in [1.29, 1.82) is 0 Å². The Morgan fingerprint density at radius 2 is 2.03 bits per heavy atom. The van der Waals surface area contributed by atoms with Gasteiger partial charge in [0, 0.05) is 37.4 Å². The second kappa shape index (κ2) is 5.99. The zero-order valence-electron chi connectivity index (χ0n) is 18.1. The molecule has 5 heterocycles. The van der Waals surface area contributed by atoms with Gasteiger partial charge < -0.3 is 19.8 Å². The van der Waals surface area contributed by atoms with Gasteiger partial charge in [0.15, 0.2) is 12.8 Å². The number of aliphatic hydroxyl groups excluding tert-OH is 2.